The second-order valence-corrected chi connectivity index (χ2v) is 5.26. The van der Waals surface area contributed by atoms with Gasteiger partial charge in [-0.25, -0.2) is 4.79 Å². The molecular formula is C13H13ClO2. The molecule has 0 saturated heterocycles. The fourth-order valence-corrected chi connectivity index (χ4v) is 1.85. The van der Waals surface area contributed by atoms with Gasteiger partial charge in [0.05, 0.1) is 5.02 Å². The Hall–Kier alpha value is -1.28. The first-order valence-electron chi connectivity index (χ1n) is 5.12. The molecule has 2 nitrogen and oxygen atoms in total. The number of hydrogen-bond acceptors (Lipinski definition) is 2. The Kier molecular flexibility index (Phi) is 2.55. The van der Waals surface area contributed by atoms with Crippen LogP contribution in [0.1, 0.15) is 26.3 Å². The molecule has 0 N–H and O–H groups in total. The van der Waals surface area contributed by atoms with Gasteiger partial charge in [-0.15, -0.1) is 0 Å². The largest absolute Gasteiger partial charge is 0.421 e. The van der Waals surface area contributed by atoms with Crippen LogP contribution in [0, 0.1) is 0 Å². The topological polar surface area (TPSA) is 30.2 Å². The lowest BCUT2D eigenvalue weighted by Crippen LogP contribution is -2.21. The number of para-hydroxylation sites is 1. The van der Waals surface area contributed by atoms with Crippen molar-refractivity contribution < 1.29 is 4.42 Å². The molecule has 1 aromatic heterocycles. The SMILES string of the molecule is CC(C)(C)c1cc2cccc(Cl)c2oc1=O. The zero-order valence-corrected chi connectivity index (χ0v) is 10.3. The normalized spacial score (nSPS) is 12.0. The van der Waals surface area contributed by atoms with E-state index in [1.807, 2.05) is 39.0 Å². The van der Waals surface area contributed by atoms with Crippen LogP contribution in [0.4, 0.5) is 0 Å². The molecule has 0 radical (unpaired) electrons. The Morgan fingerprint density at radius 2 is 1.94 bits per heavy atom. The maximum Gasteiger partial charge on any atom is 0.340 e. The second kappa shape index (κ2) is 3.63. The molecule has 0 spiro atoms. The summed E-state index contributed by atoms with van der Waals surface area (Å²) in [6, 6.07) is 7.30. The molecule has 0 bridgehead atoms. The zero-order chi connectivity index (χ0) is 11.9. The molecule has 2 rings (SSSR count). The van der Waals surface area contributed by atoms with Crippen molar-refractivity contribution in [1.82, 2.24) is 0 Å². The second-order valence-electron chi connectivity index (χ2n) is 4.86. The molecule has 84 valence electrons. The number of hydrogen-bond donors (Lipinski definition) is 0. The first-order valence-corrected chi connectivity index (χ1v) is 5.50. The summed E-state index contributed by atoms with van der Waals surface area (Å²) >= 11 is 5.96. The summed E-state index contributed by atoms with van der Waals surface area (Å²) in [7, 11) is 0. The summed E-state index contributed by atoms with van der Waals surface area (Å²) in [4.78, 5) is 11.8. The molecule has 3 heteroatoms. The molecule has 1 aromatic carbocycles. The van der Waals surface area contributed by atoms with Crippen molar-refractivity contribution in [2.45, 2.75) is 26.2 Å². The Morgan fingerprint density at radius 1 is 1.25 bits per heavy atom. The maximum atomic E-state index is 11.8. The van der Waals surface area contributed by atoms with Crippen LogP contribution in [0.5, 0.6) is 0 Å². The number of rotatable bonds is 0. The minimum atomic E-state index is -0.312. The third-order valence-electron chi connectivity index (χ3n) is 2.52. The van der Waals surface area contributed by atoms with Gasteiger partial charge in [0.1, 0.15) is 0 Å². The summed E-state index contributed by atoms with van der Waals surface area (Å²) in [6.45, 7) is 5.95. The van der Waals surface area contributed by atoms with E-state index in [-0.39, 0.29) is 11.0 Å². The highest BCUT2D eigenvalue weighted by molar-refractivity contribution is 6.34. The van der Waals surface area contributed by atoms with Crippen LogP contribution >= 0.6 is 11.6 Å². The quantitative estimate of drug-likeness (QED) is 0.653. The predicted molar refractivity (Wildman–Crippen MR) is 66.2 cm³/mol. The predicted octanol–water partition coefficient (Wildman–Crippen LogP) is 3.74. The van der Waals surface area contributed by atoms with E-state index in [9.17, 15) is 4.79 Å². The Labute approximate surface area is 98.8 Å². The molecule has 0 aliphatic carbocycles. The van der Waals surface area contributed by atoms with Crippen LogP contribution in [0.3, 0.4) is 0 Å². The molecule has 0 saturated carbocycles. The lowest BCUT2D eigenvalue weighted by atomic mass is 9.88. The van der Waals surface area contributed by atoms with Gasteiger partial charge in [-0.3, -0.25) is 0 Å². The lowest BCUT2D eigenvalue weighted by Gasteiger charge is -2.17. The smallest absolute Gasteiger partial charge is 0.340 e. The van der Waals surface area contributed by atoms with E-state index in [4.69, 9.17) is 16.0 Å². The highest BCUT2D eigenvalue weighted by atomic mass is 35.5. The van der Waals surface area contributed by atoms with E-state index in [2.05, 4.69) is 0 Å². The molecule has 0 fully saturated rings. The standard InChI is InChI=1S/C13H13ClO2/c1-13(2,3)9-7-8-5-4-6-10(14)11(8)16-12(9)15/h4-7H,1-3H3. The van der Waals surface area contributed by atoms with E-state index in [1.54, 1.807) is 6.07 Å². The zero-order valence-electron chi connectivity index (χ0n) is 9.50. The van der Waals surface area contributed by atoms with Crippen LogP contribution in [0.15, 0.2) is 33.5 Å². The van der Waals surface area contributed by atoms with E-state index >= 15 is 0 Å². The molecule has 0 aliphatic rings. The van der Waals surface area contributed by atoms with Crippen LogP contribution in [0.2, 0.25) is 5.02 Å². The third-order valence-corrected chi connectivity index (χ3v) is 2.82. The highest BCUT2D eigenvalue weighted by Gasteiger charge is 2.20. The van der Waals surface area contributed by atoms with Crippen LogP contribution in [-0.2, 0) is 5.41 Å². The minimum absolute atomic E-state index is 0.225. The number of halogens is 1. The van der Waals surface area contributed by atoms with Gasteiger partial charge < -0.3 is 4.42 Å². The Morgan fingerprint density at radius 3 is 2.56 bits per heavy atom. The van der Waals surface area contributed by atoms with Gasteiger partial charge in [0.15, 0.2) is 5.58 Å². The molecule has 16 heavy (non-hydrogen) atoms. The average molecular weight is 237 g/mol. The fourth-order valence-electron chi connectivity index (χ4n) is 1.63. The van der Waals surface area contributed by atoms with Crippen molar-refractivity contribution in [3.63, 3.8) is 0 Å². The lowest BCUT2D eigenvalue weighted by molar-refractivity contribution is 0.502. The monoisotopic (exact) mass is 236 g/mol. The van der Waals surface area contributed by atoms with Crippen LogP contribution < -0.4 is 5.63 Å². The molecular weight excluding hydrogens is 224 g/mol. The summed E-state index contributed by atoms with van der Waals surface area (Å²) in [6.07, 6.45) is 0. The summed E-state index contributed by atoms with van der Waals surface area (Å²) in [5.74, 6) is 0. The number of benzene rings is 1. The van der Waals surface area contributed by atoms with Gasteiger partial charge in [0.25, 0.3) is 0 Å². The summed E-state index contributed by atoms with van der Waals surface area (Å²) in [5.41, 5.74) is 0.592. The van der Waals surface area contributed by atoms with Crippen molar-refractivity contribution in [3.05, 3.63) is 45.3 Å². The van der Waals surface area contributed by atoms with Gasteiger partial charge in [0, 0.05) is 10.9 Å². The van der Waals surface area contributed by atoms with Crippen molar-refractivity contribution in [1.29, 1.82) is 0 Å². The first-order chi connectivity index (χ1) is 7.39. The van der Waals surface area contributed by atoms with E-state index in [0.717, 1.165) is 5.39 Å². The van der Waals surface area contributed by atoms with Crippen molar-refractivity contribution in [2.75, 3.05) is 0 Å². The highest BCUT2D eigenvalue weighted by Crippen LogP contribution is 2.26. The van der Waals surface area contributed by atoms with Crippen LogP contribution in [-0.4, -0.2) is 0 Å². The van der Waals surface area contributed by atoms with E-state index in [0.29, 0.717) is 16.2 Å². The Bertz CT molecular complexity index is 591. The summed E-state index contributed by atoms with van der Waals surface area (Å²) < 4.78 is 5.26. The van der Waals surface area contributed by atoms with Gasteiger partial charge in [-0.1, -0.05) is 44.5 Å². The van der Waals surface area contributed by atoms with Crippen LogP contribution in [0.25, 0.3) is 11.0 Å². The average Bonchev–Trinajstić information content (AvgIpc) is 2.17. The number of fused-ring (bicyclic) bond motifs is 1. The van der Waals surface area contributed by atoms with Gasteiger partial charge in [0.2, 0.25) is 0 Å². The molecule has 1 heterocycles. The van der Waals surface area contributed by atoms with Crippen molar-refractivity contribution >= 4 is 22.6 Å². The van der Waals surface area contributed by atoms with Crippen molar-refractivity contribution in [3.8, 4) is 0 Å². The maximum absolute atomic E-state index is 11.8. The molecule has 0 atom stereocenters. The first kappa shape index (κ1) is 11.2. The van der Waals surface area contributed by atoms with E-state index in [1.165, 1.54) is 0 Å². The summed E-state index contributed by atoms with van der Waals surface area (Å²) in [5, 5.41) is 1.33. The van der Waals surface area contributed by atoms with E-state index < -0.39 is 0 Å². The molecule has 2 aromatic rings. The minimum Gasteiger partial charge on any atom is -0.421 e. The van der Waals surface area contributed by atoms with Crippen molar-refractivity contribution in [2.24, 2.45) is 0 Å². The fraction of sp³-hybridized carbons (Fsp3) is 0.308. The molecule has 0 amide bonds. The Balaban J connectivity index is 2.83. The third kappa shape index (κ3) is 1.85. The van der Waals surface area contributed by atoms with Gasteiger partial charge in [-0.05, 0) is 17.5 Å². The van der Waals surface area contributed by atoms with Gasteiger partial charge in [-0.2, -0.15) is 0 Å². The molecule has 0 unspecified atom stereocenters. The molecule has 0 aliphatic heterocycles. The van der Waals surface area contributed by atoms with Gasteiger partial charge >= 0.3 is 5.63 Å².